The minimum atomic E-state index is -0.179. The molecule has 0 aromatic heterocycles. The fraction of sp³-hybridized carbons (Fsp3) is 0.435. The van der Waals surface area contributed by atoms with Crippen molar-refractivity contribution in [1.82, 2.24) is 15.1 Å². The molecule has 29 heavy (non-hydrogen) atoms. The highest BCUT2D eigenvalue weighted by Gasteiger charge is 2.46. The van der Waals surface area contributed by atoms with E-state index in [0.717, 1.165) is 31.6 Å². The van der Waals surface area contributed by atoms with Crippen molar-refractivity contribution in [2.24, 2.45) is 11.8 Å². The summed E-state index contributed by atoms with van der Waals surface area (Å²) in [6, 6.07) is 17.4. The third kappa shape index (κ3) is 5.16. The van der Waals surface area contributed by atoms with Gasteiger partial charge in [0, 0.05) is 32.2 Å². The lowest BCUT2D eigenvalue weighted by atomic mass is 9.89. The van der Waals surface area contributed by atoms with Gasteiger partial charge in [0.2, 0.25) is 5.91 Å². The zero-order chi connectivity index (χ0) is 19.5. The molecule has 1 N–H and O–H groups in total. The van der Waals surface area contributed by atoms with Crippen molar-refractivity contribution in [2.45, 2.75) is 12.5 Å². The number of likely N-dealkylation sites (tertiary alicyclic amines) is 2. The lowest BCUT2D eigenvalue weighted by Gasteiger charge is -2.26. The van der Waals surface area contributed by atoms with Gasteiger partial charge in [-0.2, -0.15) is 0 Å². The zero-order valence-electron chi connectivity index (χ0n) is 16.8. The van der Waals surface area contributed by atoms with Crippen LogP contribution in [0.25, 0.3) is 0 Å². The fourth-order valence-corrected chi connectivity index (χ4v) is 4.92. The number of benzene rings is 2. The number of amides is 1. The van der Waals surface area contributed by atoms with Crippen LogP contribution in [0.15, 0.2) is 54.6 Å². The minimum absolute atomic E-state index is 0. The molecule has 0 bridgehead atoms. The predicted molar refractivity (Wildman–Crippen MR) is 116 cm³/mol. The number of nitrogens with zero attached hydrogens (tertiary/aromatic N) is 2. The van der Waals surface area contributed by atoms with Crippen LogP contribution in [-0.2, 0) is 11.2 Å². The number of halogens is 2. The Morgan fingerprint density at radius 3 is 2.66 bits per heavy atom. The molecule has 4 nitrogen and oxygen atoms in total. The van der Waals surface area contributed by atoms with Gasteiger partial charge in [0.05, 0.1) is 6.54 Å². The molecule has 0 radical (unpaired) electrons. The summed E-state index contributed by atoms with van der Waals surface area (Å²) in [5.41, 5.74) is 2.28. The molecule has 2 heterocycles. The van der Waals surface area contributed by atoms with Crippen LogP contribution in [0.4, 0.5) is 4.39 Å². The van der Waals surface area contributed by atoms with Crippen LogP contribution in [0.5, 0.6) is 0 Å². The number of hydrogen-bond acceptors (Lipinski definition) is 3. The Hall–Kier alpha value is -1.95. The van der Waals surface area contributed by atoms with E-state index in [1.165, 1.54) is 11.6 Å². The van der Waals surface area contributed by atoms with E-state index >= 15 is 0 Å². The van der Waals surface area contributed by atoms with Crippen LogP contribution >= 0.6 is 12.4 Å². The van der Waals surface area contributed by atoms with Crippen LogP contribution in [-0.4, -0.2) is 55.5 Å². The number of carbonyl (C=O) groups excluding carboxylic acids is 1. The molecule has 2 saturated heterocycles. The maximum atomic E-state index is 13.7. The summed E-state index contributed by atoms with van der Waals surface area (Å²) in [4.78, 5) is 16.9. The van der Waals surface area contributed by atoms with Gasteiger partial charge in [-0.15, -0.1) is 12.4 Å². The fourth-order valence-electron chi connectivity index (χ4n) is 4.92. The Morgan fingerprint density at radius 1 is 1.10 bits per heavy atom. The minimum Gasteiger partial charge on any atom is -0.355 e. The number of hydrogen-bond donors (Lipinski definition) is 1. The molecule has 2 aliphatic heterocycles. The second kappa shape index (κ2) is 9.70. The van der Waals surface area contributed by atoms with E-state index in [1.807, 2.05) is 24.3 Å². The molecule has 6 heteroatoms. The van der Waals surface area contributed by atoms with Crippen LogP contribution in [0.1, 0.15) is 17.2 Å². The average Bonchev–Trinajstić information content (AvgIpc) is 3.18. The lowest BCUT2D eigenvalue weighted by Crippen LogP contribution is -2.38. The summed E-state index contributed by atoms with van der Waals surface area (Å²) in [7, 11) is 2.12. The maximum absolute atomic E-state index is 13.7. The second-order valence-corrected chi connectivity index (χ2v) is 8.14. The molecular weight excluding hydrogens is 389 g/mol. The van der Waals surface area contributed by atoms with Gasteiger partial charge in [-0.1, -0.05) is 42.5 Å². The molecule has 2 aromatic carbocycles. The molecule has 0 saturated carbocycles. The van der Waals surface area contributed by atoms with Crippen molar-refractivity contribution in [3.05, 3.63) is 71.5 Å². The van der Waals surface area contributed by atoms with Gasteiger partial charge in [-0.25, -0.2) is 4.39 Å². The number of rotatable bonds is 6. The average molecular weight is 418 g/mol. The van der Waals surface area contributed by atoms with E-state index in [9.17, 15) is 9.18 Å². The molecule has 156 valence electrons. The normalized spacial score (nSPS) is 24.1. The van der Waals surface area contributed by atoms with Gasteiger partial charge in [0.15, 0.2) is 0 Å². The van der Waals surface area contributed by atoms with Gasteiger partial charge in [-0.3, -0.25) is 14.6 Å². The van der Waals surface area contributed by atoms with E-state index in [4.69, 9.17) is 0 Å². The van der Waals surface area contributed by atoms with Gasteiger partial charge in [0.1, 0.15) is 5.82 Å². The molecule has 1 amide bonds. The largest absolute Gasteiger partial charge is 0.355 e. The van der Waals surface area contributed by atoms with Crippen molar-refractivity contribution in [2.75, 3.05) is 39.8 Å². The van der Waals surface area contributed by atoms with Crippen molar-refractivity contribution >= 4 is 18.3 Å². The molecule has 2 aliphatic rings. The monoisotopic (exact) mass is 417 g/mol. The lowest BCUT2D eigenvalue weighted by molar-refractivity contribution is -0.122. The first-order valence-electron chi connectivity index (χ1n) is 10.1. The predicted octanol–water partition coefficient (Wildman–Crippen LogP) is 3.14. The summed E-state index contributed by atoms with van der Waals surface area (Å²) in [5, 5.41) is 3.04. The first kappa shape index (κ1) is 21.8. The summed E-state index contributed by atoms with van der Waals surface area (Å²) in [6.07, 6.45) is 0.851. The third-order valence-electron chi connectivity index (χ3n) is 6.11. The Labute approximate surface area is 178 Å². The molecule has 0 aliphatic carbocycles. The summed E-state index contributed by atoms with van der Waals surface area (Å²) in [5.74, 6) is 0.896. The maximum Gasteiger partial charge on any atom is 0.234 e. The SMILES string of the molecule is CN1C[C@H]2CN(CC(=O)NCCc3ccccc3)C[C@H]2[C@@H]1c1cccc(F)c1.Cl. The van der Waals surface area contributed by atoms with Gasteiger partial charge < -0.3 is 5.32 Å². The zero-order valence-corrected chi connectivity index (χ0v) is 17.6. The molecule has 3 atom stereocenters. The van der Waals surface area contributed by atoms with Crippen molar-refractivity contribution in [1.29, 1.82) is 0 Å². The van der Waals surface area contributed by atoms with Gasteiger partial charge in [-0.05, 0) is 48.6 Å². The number of carbonyl (C=O) groups is 1. The highest BCUT2D eigenvalue weighted by Crippen LogP contribution is 2.43. The van der Waals surface area contributed by atoms with Crippen LogP contribution < -0.4 is 5.32 Å². The van der Waals surface area contributed by atoms with E-state index < -0.39 is 0 Å². The first-order chi connectivity index (χ1) is 13.6. The quantitative estimate of drug-likeness (QED) is 0.784. The Kier molecular flexibility index (Phi) is 7.28. The topological polar surface area (TPSA) is 35.6 Å². The van der Waals surface area contributed by atoms with Crippen LogP contribution in [0.3, 0.4) is 0 Å². The van der Waals surface area contributed by atoms with Gasteiger partial charge in [0.25, 0.3) is 0 Å². The van der Waals surface area contributed by atoms with Crippen molar-refractivity contribution in [3.8, 4) is 0 Å². The van der Waals surface area contributed by atoms with Crippen LogP contribution in [0, 0.1) is 17.7 Å². The van der Waals surface area contributed by atoms with Gasteiger partial charge >= 0.3 is 0 Å². The highest BCUT2D eigenvalue weighted by molar-refractivity contribution is 5.85. The van der Waals surface area contributed by atoms with E-state index in [1.54, 1.807) is 12.1 Å². The number of fused-ring (bicyclic) bond motifs is 1. The summed E-state index contributed by atoms with van der Waals surface area (Å²) < 4.78 is 13.7. The second-order valence-electron chi connectivity index (χ2n) is 8.14. The standard InChI is InChI=1S/C23H28FN3O.ClH/c1-26-13-19-14-27(15-21(19)23(26)18-8-5-9-20(24)12-18)16-22(28)25-11-10-17-6-3-2-4-7-17;/h2-9,12,19,21,23H,10-11,13-16H2,1H3,(H,25,28);1H/t19-,21+,23-;/m0./s1. The van der Waals surface area contributed by atoms with Crippen LogP contribution in [0.2, 0.25) is 0 Å². The molecule has 0 unspecified atom stereocenters. The smallest absolute Gasteiger partial charge is 0.234 e. The molecule has 4 rings (SSSR count). The molecule has 2 fully saturated rings. The highest BCUT2D eigenvalue weighted by atomic mass is 35.5. The van der Waals surface area contributed by atoms with E-state index in [-0.39, 0.29) is 30.2 Å². The third-order valence-corrected chi connectivity index (χ3v) is 6.11. The Balaban J connectivity index is 0.00000240. The van der Waals surface area contributed by atoms with Crippen molar-refractivity contribution < 1.29 is 9.18 Å². The Morgan fingerprint density at radius 2 is 1.90 bits per heavy atom. The molecule has 0 spiro atoms. The summed E-state index contributed by atoms with van der Waals surface area (Å²) in [6.45, 7) is 3.94. The Bertz CT molecular complexity index is 819. The molecular formula is C23H29ClFN3O. The number of nitrogens with one attached hydrogen (secondary N) is 1. The summed E-state index contributed by atoms with van der Waals surface area (Å²) >= 11 is 0. The molecule has 2 aromatic rings. The van der Waals surface area contributed by atoms with E-state index in [2.05, 4.69) is 34.3 Å². The van der Waals surface area contributed by atoms with E-state index in [0.29, 0.717) is 24.9 Å². The van der Waals surface area contributed by atoms with Crippen molar-refractivity contribution in [3.63, 3.8) is 0 Å². The first-order valence-corrected chi connectivity index (χ1v) is 10.1.